The summed E-state index contributed by atoms with van der Waals surface area (Å²) in [6.45, 7) is 9.43. The summed E-state index contributed by atoms with van der Waals surface area (Å²) in [4.78, 5) is 20.3. The van der Waals surface area contributed by atoms with Gasteiger partial charge in [-0.15, -0.1) is 0 Å². The second-order valence-corrected chi connectivity index (χ2v) is 4.87. The molecule has 0 N–H and O–H groups in total. The normalized spacial score (nSPS) is 9.65. The van der Waals surface area contributed by atoms with E-state index in [1.165, 1.54) is 14.0 Å². The smallest absolute Gasteiger partial charge is 0.313 e. The Balaban J connectivity index is 0. The molecule has 0 unspecified atom stereocenters. The van der Waals surface area contributed by atoms with Crippen molar-refractivity contribution in [2.24, 2.45) is 0 Å². The molecule has 0 saturated carbocycles. The van der Waals surface area contributed by atoms with Crippen LogP contribution >= 0.6 is 0 Å². The molecule has 6 heteroatoms. The van der Waals surface area contributed by atoms with Crippen molar-refractivity contribution in [3.8, 4) is 0 Å². The predicted octanol–water partition coefficient (Wildman–Crippen LogP) is 1.89. The number of Topliss-reactive ketones (excluding diaryl/α,β-unsaturated/α-hetero) is 1. The molecule has 0 aromatic rings. The third kappa shape index (κ3) is 21.6. The summed E-state index contributed by atoms with van der Waals surface area (Å²) in [5.74, 6) is -0.644. The summed E-state index contributed by atoms with van der Waals surface area (Å²) in [6.07, 6.45) is 0.531. The van der Waals surface area contributed by atoms with Crippen LogP contribution in [-0.2, 0) is 40.9 Å². The van der Waals surface area contributed by atoms with E-state index in [9.17, 15) is 9.59 Å². The molecule has 0 aliphatic heterocycles. The van der Waals surface area contributed by atoms with Gasteiger partial charge in [0, 0.05) is 0 Å². The summed E-state index contributed by atoms with van der Waals surface area (Å²) in [6, 6.07) is 0. The van der Waals surface area contributed by atoms with Crippen LogP contribution in [0.15, 0.2) is 0 Å². The molecule has 0 atom stereocenters. The van der Waals surface area contributed by atoms with Crippen molar-refractivity contribution in [3.05, 3.63) is 0 Å². The Morgan fingerprint density at radius 2 is 1.47 bits per heavy atom. The van der Waals surface area contributed by atoms with E-state index in [-0.39, 0.29) is 12.2 Å². The topological polar surface area (TPSA) is 61.8 Å². The first-order chi connectivity index (χ1) is 7.79. The maximum atomic E-state index is 10.2. The van der Waals surface area contributed by atoms with Crippen LogP contribution in [0, 0.1) is 0 Å². The van der Waals surface area contributed by atoms with Gasteiger partial charge in [0.1, 0.15) is 12.2 Å². The molecule has 0 aliphatic carbocycles. The number of methoxy groups -OCH3 is 1. The van der Waals surface area contributed by atoms with Crippen molar-refractivity contribution in [3.63, 3.8) is 0 Å². The Morgan fingerprint density at radius 3 is 1.65 bits per heavy atom. The van der Waals surface area contributed by atoms with Crippen LogP contribution in [0.2, 0.25) is 0 Å². The first-order valence-electron chi connectivity index (χ1n) is 5.42. The first-order valence-corrected chi connectivity index (χ1v) is 6.69. The molecular formula is C11H22O5Ti. The van der Waals surface area contributed by atoms with Crippen LogP contribution in [0.3, 0.4) is 0 Å². The molecular weight excluding hydrogens is 260 g/mol. The maximum absolute atomic E-state index is 10.2. The van der Waals surface area contributed by atoms with Crippen LogP contribution in [0.4, 0.5) is 0 Å². The van der Waals surface area contributed by atoms with E-state index in [2.05, 4.69) is 4.74 Å². The van der Waals surface area contributed by atoms with Crippen molar-refractivity contribution in [1.29, 1.82) is 0 Å². The van der Waals surface area contributed by atoms with Gasteiger partial charge in [-0.25, -0.2) is 0 Å². The van der Waals surface area contributed by atoms with Gasteiger partial charge >= 0.3 is 72.4 Å². The summed E-state index contributed by atoms with van der Waals surface area (Å²) in [5.41, 5.74) is 0. The third-order valence-electron chi connectivity index (χ3n) is 1.19. The minimum atomic E-state index is -0.574. The minimum Gasteiger partial charge on any atom is -0.469 e. The van der Waals surface area contributed by atoms with E-state index in [1.807, 2.05) is 27.7 Å². The zero-order valence-electron chi connectivity index (χ0n) is 11.4. The van der Waals surface area contributed by atoms with E-state index >= 15 is 0 Å². The molecule has 0 fully saturated rings. The molecule has 0 aliphatic rings. The standard InChI is InChI=1S/C5H8O3.2C3H7O.Ti/c1-4(6)3-5(7)8-2;2*1-3(2)4;/h3H2,1-2H3;2*3H,1-2H3;/q;2*-1;+2. The molecule has 0 aromatic heterocycles. The van der Waals surface area contributed by atoms with Crippen molar-refractivity contribution in [1.82, 2.24) is 0 Å². The van der Waals surface area contributed by atoms with Gasteiger partial charge in [-0.1, -0.05) is 0 Å². The zero-order chi connectivity index (χ0) is 13.8. The van der Waals surface area contributed by atoms with Gasteiger partial charge in [-0.3, -0.25) is 9.59 Å². The number of hydrogen-bond donors (Lipinski definition) is 0. The number of carbonyl (C=O) groups excluding carboxylic acids is 2. The van der Waals surface area contributed by atoms with E-state index < -0.39 is 25.9 Å². The number of carbonyl (C=O) groups is 2. The molecule has 5 nitrogen and oxygen atoms in total. The molecule has 0 rings (SSSR count). The van der Waals surface area contributed by atoms with Crippen LogP contribution < -0.4 is 0 Å². The second-order valence-electron chi connectivity index (χ2n) is 3.87. The molecule has 0 heterocycles. The monoisotopic (exact) mass is 282 g/mol. The average Bonchev–Trinajstić information content (AvgIpc) is 2.16. The minimum absolute atomic E-state index is 0.115. The van der Waals surface area contributed by atoms with Gasteiger partial charge in [0.05, 0.1) is 7.11 Å². The number of esters is 1. The summed E-state index contributed by atoms with van der Waals surface area (Å²) in [5, 5.41) is 0. The van der Waals surface area contributed by atoms with Gasteiger partial charge < -0.3 is 4.74 Å². The number of ketones is 1. The molecule has 0 spiro atoms. The Morgan fingerprint density at radius 1 is 1.06 bits per heavy atom. The molecule has 0 saturated heterocycles. The first kappa shape index (κ1) is 19.1. The fourth-order valence-electron chi connectivity index (χ4n) is 0.496. The van der Waals surface area contributed by atoms with E-state index in [0.717, 1.165) is 0 Å². The Bertz CT molecular complexity index is 208. The summed E-state index contributed by atoms with van der Waals surface area (Å²) < 4.78 is 14.7. The zero-order valence-corrected chi connectivity index (χ0v) is 13.0. The molecule has 0 radical (unpaired) electrons. The maximum Gasteiger partial charge on any atom is 0.313 e. The van der Waals surface area contributed by atoms with Gasteiger partial charge in [-0.2, -0.15) is 0 Å². The largest absolute Gasteiger partial charge is 0.469 e. The van der Waals surface area contributed by atoms with Crippen LogP contribution in [0.25, 0.3) is 0 Å². The SMILES string of the molecule is CC(C)[O][Ti][O]C(C)C.COC(=O)CC(C)=O. The van der Waals surface area contributed by atoms with Crippen LogP contribution in [0.5, 0.6) is 0 Å². The molecule has 0 bridgehead atoms. The average molecular weight is 282 g/mol. The number of rotatable bonds is 6. The van der Waals surface area contributed by atoms with Crippen molar-refractivity contribution in [2.75, 3.05) is 7.11 Å². The Hall–Kier alpha value is -0.226. The predicted molar refractivity (Wildman–Crippen MR) is 59.8 cm³/mol. The summed E-state index contributed by atoms with van der Waals surface area (Å²) in [7, 11) is 1.26. The van der Waals surface area contributed by atoms with Crippen LogP contribution in [0.1, 0.15) is 41.0 Å². The van der Waals surface area contributed by atoms with Crippen LogP contribution in [-0.4, -0.2) is 31.1 Å². The van der Waals surface area contributed by atoms with Crippen molar-refractivity contribution >= 4 is 11.8 Å². The molecule has 17 heavy (non-hydrogen) atoms. The van der Waals surface area contributed by atoms with E-state index in [1.54, 1.807) is 0 Å². The van der Waals surface area contributed by atoms with E-state index in [4.69, 9.17) is 6.64 Å². The fraction of sp³-hybridized carbons (Fsp3) is 0.818. The number of hydrogen-bond acceptors (Lipinski definition) is 5. The fourth-order valence-corrected chi connectivity index (χ4v) is 1.18. The Kier molecular flexibility index (Phi) is 13.8. The third-order valence-corrected chi connectivity index (χ3v) is 2.96. The Labute approximate surface area is 113 Å². The number of ether oxygens (including phenoxy) is 1. The van der Waals surface area contributed by atoms with Gasteiger partial charge in [0.15, 0.2) is 0 Å². The quantitative estimate of drug-likeness (QED) is 0.423. The molecule has 0 aromatic carbocycles. The van der Waals surface area contributed by atoms with E-state index in [0.29, 0.717) is 12.2 Å². The van der Waals surface area contributed by atoms with Gasteiger partial charge in [0.25, 0.3) is 0 Å². The second kappa shape index (κ2) is 12.2. The summed E-state index contributed by atoms with van der Waals surface area (Å²) >= 11 is -0.574. The van der Waals surface area contributed by atoms with Crippen molar-refractivity contribution in [2.45, 2.75) is 53.2 Å². The van der Waals surface area contributed by atoms with Gasteiger partial charge in [0.2, 0.25) is 0 Å². The molecule has 0 amide bonds. The van der Waals surface area contributed by atoms with Gasteiger partial charge in [-0.05, 0) is 6.92 Å². The molecule has 100 valence electrons. The van der Waals surface area contributed by atoms with Crippen molar-refractivity contribution < 1.29 is 40.9 Å².